The van der Waals surface area contributed by atoms with E-state index >= 15 is 0 Å². The third kappa shape index (κ3) is 4.11. The number of carbonyl (C=O) groups is 2. The van der Waals surface area contributed by atoms with Crippen LogP contribution in [0.25, 0.3) is 17.1 Å². The zero-order chi connectivity index (χ0) is 20.1. The van der Waals surface area contributed by atoms with Crippen LogP contribution < -0.4 is 0 Å². The number of para-hydroxylation sites is 1. The third-order valence-electron chi connectivity index (χ3n) is 4.25. The van der Waals surface area contributed by atoms with Gasteiger partial charge in [-0.25, -0.2) is 14.5 Å². The fourth-order valence-corrected chi connectivity index (χ4v) is 2.82. The second-order valence-electron chi connectivity index (χ2n) is 6.24. The van der Waals surface area contributed by atoms with Crippen LogP contribution in [-0.4, -0.2) is 33.1 Å². The minimum atomic E-state index is -0.749. The van der Waals surface area contributed by atoms with E-state index in [1.807, 2.05) is 66.7 Å². The minimum Gasteiger partial charge on any atom is -0.451 e. The predicted octanol–water partition coefficient (Wildman–Crippen LogP) is 3.97. The van der Waals surface area contributed by atoms with E-state index in [2.05, 4.69) is 10.1 Å². The maximum atomic E-state index is 12.5. The molecule has 0 saturated carbocycles. The Labute approximate surface area is 167 Å². The Hall–Kier alpha value is -4.06. The van der Waals surface area contributed by atoms with Crippen LogP contribution in [0.2, 0.25) is 0 Å². The van der Waals surface area contributed by atoms with Gasteiger partial charge in [0.05, 0.1) is 5.69 Å². The molecule has 0 aliphatic carbocycles. The number of rotatable bonds is 6. The molecule has 6 nitrogen and oxygen atoms in total. The number of ketones is 1. The molecule has 0 spiro atoms. The molecule has 0 atom stereocenters. The molecule has 142 valence electrons. The zero-order valence-electron chi connectivity index (χ0n) is 15.4. The van der Waals surface area contributed by atoms with E-state index in [0.717, 1.165) is 11.3 Å². The molecule has 0 unspecified atom stereocenters. The summed E-state index contributed by atoms with van der Waals surface area (Å²) in [7, 11) is 0. The van der Waals surface area contributed by atoms with Crippen molar-refractivity contribution in [2.45, 2.75) is 0 Å². The lowest BCUT2D eigenvalue weighted by molar-refractivity contribution is 0.0462. The molecule has 0 fully saturated rings. The Bertz CT molecular complexity index is 1070. The van der Waals surface area contributed by atoms with Crippen LogP contribution in [0.5, 0.6) is 0 Å². The van der Waals surface area contributed by atoms with Gasteiger partial charge >= 0.3 is 5.97 Å². The molecule has 0 bridgehead atoms. The molecule has 0 radical (unpaired) electrons. The first kappa shape index (κ1) is 18.3. The second kappa shape index (κ2) is 8.31. The molecular formula is C23H17N3O3. The molecule has 3 aromatic carbocycles. The maximum Gasteiger partial charge on any atom is 0.378 e. The smallest absolute Gasteiger partial charge is 0.378 e. The third-order valence-corrected chi connectivity index (χ3v) is 4.25. The topological polar surface area (TPSA) is 74.1 Å². The summed E-state index contributed by atoms with van der Waals surface area (Å²) < 4.78 is 6.75. The largest absolute Gasteiger partial charge is 0.451 e. The number of esters is 1. The van der Waals surface area contributed by atoms with Gasteiger partial charge in [0.2, 0.25) is 0 Å². The highest BCUT2D eigenvalue weighted by Crippen LogP contribution is 2.21. The summed E-state index contributed by atoms with van der Waals surface area (Å²) in [6.45, 7) is -0.372. The van der Waals surface area contributed by atoms with E-state index < -0.39 is 5.97 Å². The molecule has 29 heavy (non-hydrogen) atoms. The van der Waals surface area contributed by atoms with Gasteiger partial charge in [0.1, 0.15) is 0 Å². The van der Waals surface area contributed by atoms with Gasteiger partial charge in [-0.1, -0.05) is 78.9 Å². The minimum absolute atomic E-state index is 0.103. The maximum absolute atomic E-state index is 12.5. The summed E-state index contributed by atoms with van der Waals surface area (Å²) in [5.74, 6) is -0.627. The van der Waals surface area contributed by atoms with Crippen molar-refractivity contribution in [1.29, 1.82) is 0 Å². The van der Waals surface area contributed by atoms with Gasteiger partial charge in [-0.05, 0) is 12.1 Å². The van der Waals surface area contributed by atoms with Gasteiger partial charge in [-0.2, -0.15) is 0 Å². The summed E-state index contributed by atoms with van der Waals surface area (Å²) >= 11 is 0. The van der Waals surface area contributed by atoms with Crippen LogP contribution in [0.4, 0.5) is 0 Å². The Kier molecular flexibility index (Phi) is 5.25. The normalized spacial score (nSPS) is 10.5. The lowest BCUT2D eigenvalue weighted by Crippen LogP contribution is -2.15. The first-order valence-corrected chi connectivity index (χ1v) is 9.05. The van der Waals surface area contributed by atoms with Crippen molar-refractivity contribution < 1.29 is 14.3 Å². The number of hydrogen-bond acceptors (Lipinski definition) is 5. The van der Waals surface area contributed by atoms with Crippen LogP contribution in [0.15, 0.2) is 91.0 Å². The van der Waals surface area contributed by atoms with Crippen LogP contribution >= 0.6 is 0 Å². The van der Waals surface area contributed by atoms with E-state index in [4.69, 9.17) is 4.74 Å². The number of Topliss-reactive ketones (excluding diaryl/α,β-unsaturated/α-hetero) is 1. The number of ether oxygens (including phenoxy) is 1. The molecule has 1 aromatic heterocycles. The van der Waals surface area contributed by atoms with Gasteiger partial charge in [-0.15, -0.1) is 5.10 Å². The number of aromatic nitrogens is 3. The molecule has 0 amide bonds. The zero-order valence-corrected chi connectivity index (χ0v) is 15.4. The van der Waals surface area contributed by atoms with E-state index in [1.54, 1.807) is 28.9 Å². The summed E-state index contributed by atoms with van der Waals surface area (Å²) in [5.41, 5.74) is 2.05. The molecule has 6 heteroatoms. The molecule has 0 N–H and O–H groups in total. The SMILES string of the molecule is O=C(COC(=O)c1nc(-c2ccccc2)n(-c2ccccc2)n1)c1ccccc1. The average molecular weight is 383 g/mol. The average Bonchev–Trinajstić information content (AvgIpc) is 3.25. The van der Waals surface area contributed by atoms with Crippen LogP contribution in [0, 0.1) is 0 Å². The van der Waals surface area contributed by atoms with Crippen LogP contribution in [-0.2, 0) is 4.74 Å². The van der Waals surface area contributed by atoms with Gasteiger partial charge in [0, 0.05) is 11.1 Å². The number of nitrogens with zero attached hydrogens (tertiary/aromatic N) is 3. The summed E-state index contributed by atoms with van der Waals surface area (Å²) in [5, 5.41) is 4.33. The highest BCUT2D eigenvalue weighted by atomic mass is 16.5. The first-order valence-electron chi connectivity index (χ1n) is 9.05. The Morgan fingerprint density at radius 2 is 1.38 bits per heavy atom. The second-order valence-corrected chi connectivity index (χ2v) is 6.24. The monoisotopic (exact) mass is 383 g/mol. The summed E-state index contributed by atoms with van der Waals surface area (Å²) in [6.07, 6.45) is 0. The predicted molar refractivity (Wildman–Crippen MR) is 108 cm³/mol. The quantitative estimate of drug-likeness (QED) is 0.372. The van der Waals surface area contributed by atoms with Crippen molar-refractivity contribution in [3.05, 3.63) is 102 Å². The highest BCUT2D eigenvalue weighted by molar-refractivity contribution is 5.98. The van der Waals surface area contributed by atoms with Crippen molar-refractivity contribution in [3.8, 4) is 17.1 Å². The molecule has 4 rings (SSSR count). The van der Waals surface area contributed by atoms with Crippen molar-refractivity contribution in [2.75, 3.05) is 6.61 Å². The molecule has 4 aromatic rings. The van der Waals surface area contributed by atoms with Gasteiger partial charge in [-0.3, -0.25) is 4.79 Å². The van der Waals surface area contributed by atoms with Crippen molar-refractivity contribution in [1.82, 2.24) is 14.8 Å². The van der Waals surface area contributed by atoms with Crippen molar-refractivity contribution >= 4 is 11.8 Å². The van der Waals surface area contributed by atoms with E-state index in [-0.39, 0.29) is 18.2 Å². The van der Waals surface area contributed by atoms with Crippen LogP contribution in [0.1, 0.15) is 21.0 Å². The Morgan fingerprint density at radius 3 is 2.03 bits per heavy atom. The molecule has 0 aliphatic heterocycles. The number of benzene rings is 3. The molecule has 1 heterocycles. The van der Waals surface area contributed by atoms with Crippen LogP contribution in [0.3, 0.4) is 0 Å². The molecular weight excluding hydrogens is 366 g/mol. The highest BCUT2D eigenvalue weighted by Gasteiger charge is 2.21. The first-order chi connectivity index (χ1) is 14.2. The number of carbonyl (C=O) groups excluding carboxylic acids is 2. The molecule has 0 saturated heterocycles. The summed E-state index contributed by atoms with van der Waals surface area (Å²) in [4.78, 5) is 29.0. The van der Waals surface area contributed by atoms with Gasteiger partial charge in [0.15, 0.2) is 18.2 Å². The standard InChI is InChI=1S/C23H17N3O3/c27-20(17-10-4-1-5-11-17)16-29-23(28)21-24-22(18-12-6-2-7-13-18)26(25-21)19-14-8-3-9-15-19/h1-15H,16H2. The van der Waals surface area contributed by atoms with Crippen molar-refractivity contribution in [3.63, 3.8) is 0 Å². The van der Waals surface area contributed by atoms with Gasteiger partial charge in [0.25, 0.3) is 5.82 Å². The fourth-order valence-electron chi connectivity index (χ4n) is 2.82. The van der Waals surface area contributed by atoms with E-state index in [9.17, 15) is 9.59 Å². The lowest BCUT2D eigenvalue weighted by atomic mass is 10.1. The Balaban J connectivity index is 1.60. The lowest BCUT2D eigenvalue weighted by Gasteiger charge is -2.05. The van der Waals surface area contributed by atoms with E-state index in [0.29, 0.717) is 11.4 Å². The van der Waals surface area contributed by atoms with Gasteiger partial charge < -0.3 is 4.74 Å². The van der Waals surface area contributed by atoms with Crippen molar-refractivity contribution in [2.24, 2.45) is 0 Å². The fraction of sp³-hybridized carbons (Fsp3) is 0.0435. The molecule has 0 aliphatic rings. The number of hydrogen-bond donors (Lipinski definition) is 0. The van der Waals surface area contributed by atoms with E-state index in [1.165, 1.54) is 0 Å². The Morgan fingerprint density at radius 1 is 0.793 bits per heavy atom. The summed E-state index contributed by atoms with van der Waals surface area (Å²) in [6, 6.07) is 27.5.